The second-order valence-electron chi connectivity index (χ2n) is 5.87. The quantitative estimate of drug-likeness (QED) is 0.810. The number of nitriles is 1. The molecule has 5 heteroatoms. The Balaban J connectivity index is 1.89. The van der Waals surface area contributed by atoms with Crippen LogP contribution in [0.2, 0.25) is 0 Å². The summed E-state index contributed by atoms with van der Waals surface area (Å²) >= 11 is 0. The summed E-state index contributed by atoms with van der Waals surface area (Å²) in [6.45, 7) is 1.54. The molecule has 0 radical (unpaired) electrons. The minimum atomic E-state index is -3.27. The van der Waals surface area contributed by atoms with Crippen molar-refractivity contribution < 1.29 is 8.42 Å². The second-order valence-corrected chi connectivity index (χ2v) is 7.98. The van der Waals surface area contributed by atoms with Gasteiger partial charge >= 0.3 is 0 Å². The summed E-state index contributed by atoms with van der Waals surface area (Å²) in [4.78, 5) is 2.42. The highest BCUT2D eigenvalue weighted by atomic mass is 32.2. The molecule has 1 aromatic rings. The minimum Gasteiger partial charge on any atom is -0.305 e. The molecular weight excluding hydrogens is 284 g/mol. The predicted molar refractivity (Wildman–Crippen MR) is 82.7 cm³/mol. The van der Waals surface area contributed by atoms with Gasteiger partial charge in [0.05, 0.1) is 22.3 Å². The van der Waals surface area contributed by atoms with Gasteiger partial charge in [-0.25, -0.2) is 8.42 Å². The predicted octanol–water partition coefficient (Wildman–Crippen LogP) is 2.45. The van der Waals surface area contributed by atoms with E-state index in [1.807, 2.05) is 13.1 Å². The van der Waals surface area contributed by atoms with Gasteiger partial charge in [-0.1, -0.05) is 12.8 Å². The highest BCUT2D eigenvalue weighted by Crippen LogP contribution is 2.25. The van der Waals surface area contributed by atoms with Crippen LogP contribution >= 0.6 is 0 Å². The molecule has 0 heterocycles. The second kappa shape index (κ2) is 7.06. The number of hydrogen-bond acceptors (Lipinski definition) is 4. The lowest BCUT2D eigenvalue weighted by molar-refractivity contribution is 0.291. The third-order valence-corrected chi connectivity index (χ3v) is 5.84. The Labute approximate surface area is 127 Å². The molecule has 0 aliphatic heterocycles. The van der Waals surface area contributed by atoms with E-state index in [1.165, 1.54) is 37.8 Å². The topological polar surface area (TPSA) is 61.2 Å². The summed E-state index contributed by atoms with van der Waals surface area (Å²) in [5, 5.41) is 8.74. The number of sulfone groups is 1. The third-order valence-electron chi connectivity index (χ3n) is 4.13. The van der Waals surface area contributed by atoms with Crippen molar-refractivity contribution in [1.29, 1.82) is 5.26 Å². The molecule has 1 aliphatic rings. The van der Waals surface area contributed by atoms with Gasteiger partial charge in [0.1, 0.15) is 0 Å². The summed E-state index contributed by atoms with van der Waals surface area (Å²) in [6, 6.07) is 8.13. The summed E-state index contributed by atoms with van der Waals surface area (Å²) in [5.74, 6) is 0.856. The number of nitrogens with zero attached hydrogens (tertiary/aromatic N) is 2. The molecule has 0 amide bonds. The lowest BCUT2D eigenvalue weighted by Crippen LogP contribution is -2.29. The van der Waals surface area contributed by atoms with Crippen LogP contribution in [-0.4, -0.2) is 39.2 Å². The van der Waals surface area contributed by atoms with E-state index in [0.717, 1.165) is 12.5 Å². The zero-order chi connectivity index (χ0) is 15.3. The van der Waals surface area contributed by atoms with E-state index in [0.29, 0.717) is 17.0 Å². The Morgan fingerprint density at radius 1 is 1.24 bits per heavy atom. The van der Waals surface area contributed by atoms with E-state index < -0.39 is 9.84 Å². The molecular formula is C16H22N2O2S. The van der Waals surface area contributed by atoms with Crippen molar-refractivity contribution in [3.8, 4) is 6.07 Å². The van der Waals surface area contributed by atoms with E-state index in [1.54, 1.807) is 12.1 Å². The van der Waals surface area contributed by atoms with Crippen molar-refractivity contribution in [2.75, 3.05) is 25.9 Å². The van der Waals surface area contributed by atoms with Gasteiger partial charge in [0.15, 0.2) is 9.84 Å². The van der Waals surface area contributed by atoms with Crippen LogP contribution in [0.25, 0.3) is 0 Å². The summed E-state index contributed by atoms with van der Waals surface area (Å²) in [7, 11) is -1.27. The Morgan fingerprint density at radius 2 is 1.86 bits per heavy atom. The first-order chi connectivity index (χ1) is 10.0. The summed E-state index contributed by atoms with van der Waals surface area (Å²) in [6.07, 6.45) is 5.16. The molecule has 0 spiro atoms. The molecule has 4 nitrogen and oxygen atoms in total. The fourth-order valence-electron chi connectivity index (χ4n) is 2.86. The van der Waals surface area contributed by atoms with Gasteiger partial charge in [0.2, 0.25) is 0 Å². The van der Waals surface area contributed by atoms with E-state index in [9.17, 15) is 8.42 Å². The average Bonchev–Trinajstić information content (AvgIpc) is 2.98. The molecule has 114 valence electrons. The zero-order valence-corrected chi connectivity index (χ0v) is 13.3. The van der Waals surface area contributed by atoms with Crippen molar-refractivity contribution in [2.45, 2.75) is 30.6 Å². The standard InChI is InChI=1S/C16H22N2O2S/c1-18(13-15-4-2-3-5-15)10-11-21(19,20)16-8-6-14(12-17)7-9-16/h6-9,15H,2-5,10-11,13H2,1H3. The maximum Gasteiger partial charge on any atom is 0.179 e. The van der Waals surface area contributed by atoms with Crippen LogP contribution in [0, 0.1) is 17.2 Å². The van der Waals surface area contributed by atoms with Crippen molar-refractivity contribution in [2.24, 2.45) is 5.92 Å². The Kier molecular flexibility index (Phi) is 5.38. The Bertz CT molecular complexity index is 596. The maximum absolute atomic E-state index is 12.3. The molecule has 1 aromatic carbocycles. The van der Waals surface area contributed by atoms with Gasteiger partial charge in [-0.3, -0.25) is 0 Å². The molecule has 1 saturated carbocycles. The monoisotopic (exact) mass is 306 g/mol. The van der Waals surface area contributed by atoms with Crippen LogP contribution in [0.1, 0.15) is 31.2 Å². The number of hydrogen-bond donors (Lipinski definition) is 0. The van der Waals surface area contributed by atoms with E-state index >= 15 is 0 Å². The van der Waals surface area contributed by atoms with E-state index in [2.05, 4.69) is 4.90 Å². The van der Waals surface area contributed by atoms with Gasteiger partial charge in [-0.2, -0.15) is 5.26 Å². The van der Waals surface area contributed by atoms with E-state index in [-0.39, 0.29) is 5.75 Å². The van der Waals surface area contributed by atoms with Crippen LogP contribution in [0.4, 0.5) is 0 Å². The largest absolute Gasteiger partial charge is 0.305 e. The fraction of sp³-hybridized carbons (Fsp3) is 0.562. The smallest absolute Gasteiger partial charge is 0.179 e. The summed E-state index contributed by atoms with van der Waals surface area (Å²) < 4.78 is 24.5. The van der Waals surface area contributed by atoms with Gasteiger partial charge in [-0.15, -0.1) is 0 Å². The first-order valence-electron chi connectivity index (χ1n) is 7.43. The SMILES string of the molecule is CN(CCS(=O)(=O)c1ccc(C#N)cc1)CC1CCCC1. The molecule has 0 saturated heterocycles. The van der Waals surface area contributed by atoms with Gasteiger partial charge in [-0.05, 0) is 50.1 Å². The number of rotatable bonds is 6. The van der Waals surface area contributed by atoms with E-state index in [4.69, 9.17) is 5.26 Å². The molecule has 0 atom stereocenters. The van der Waals surface area contributed by atoms with Crippen LogP contribution in [0.5, 0.6) is 0 Å². The average molecular weight is 306 g/mol. The van der Waals surface area contributed by atoms with Crippen LogP contribution < -0.4 is 0 Å². The minimum absolute atomic E-state index is 0.127. The Hall–Kier alpha value is -1.38. The third kappa shape index (κ3) is 4.55. The molecule has 0 N–H and O–H groups in total. The van der Waals surface area contributed by atoms with Crippen LogP contribution in [-0.2, 0) is 9.84 Å². The van der Waals surface area contributed by atoms with Crippen LogP contribution in [0.15, 0.2) is 29.2 Å². The van der Waals surface area contributed by atoms with Gasteiger partial charge in [0, 0.05) is 13.1 Å². The normalized spacial score (nSPS) is 16.2. The first-order valence-corrected chi connectivity index (χ1v) is 9.08. The Morgan fingerprint density at radius 3 is 2.43 bits per heavy atom. The molecule has 0 bridgehead atoms. The fourth-order valence-corrected chi connectivity index (χ4v) is 4.19. The van der Waals surface area contributed by atoms with Gasteiger partial charge < -0.3 is 4.90 Å². The maximum atomic E-state index is 12.3. The highest BCUT2D eigenvalue weighted by molar-refractivity contribution is 7.91. The molecule has 2 rings (SSSR count). The highest BCUT2D eigenvalue weighted by Gasteiger charge is 2.19. The molecule has 1 aliphatic carbocycles. The first kappa shape index (κ1) is 16.0. The van der Waals surface area contributed by atoms with Crippen molar-refractivity contribution >= 4 is 9.84 Å². The van der Waals surface area contributed by atoms with Crippen molar-refractivity contribution in [3.63, 3.8) is 0 Å². The van der Waals surface area contributed by atoms with Crippen LogP contribution in [0.3, 0.4) is 0 Å². The summed E-state index contributed by atoms with van der Waals surface area (Å²) in [5.41, 5.74) is 0.479. The molecule has 0 unspecified atom stereocenters. The van der Waals surface area contributed by atoms with Gasteiger partial charge in [0.25, 0.3) is 0 Å². The lowest BCUT2D eigenvalue weighted by Gasteiger charge is -2.20. The zero-order valence-electron chi connectivity index (χ0n) is 12.5. The molecule has 1 fully saturated rings. The van der Waals surface area contributed by atoms with Crippen molar-refractivity contribution in [1.82, 2.24) is 4.90 Å². The van der Waals surface area contributed by atoms with Crippen molar-refractivity contribution in [3.05, 3.63) is 29.8 Å². The molecule has 21 heavy (non-hydrogen) atoms. The molecule has 0 aromatic heterocycles. The lowest BCUT2D eigenvalue weighted by atomic mass is 10.1. The number of benzene rings is 1.